The van der Waals surface area contributed by atoms with Crippen molar-refractivity contribution in [3.63, 3.8) is 0 Å². The molecule has 1 aromatic carbocycles. The van der Waals surface area contributed by atoms with Crippen molar-refractivity contribution in [1.82, 2.24) is 0 Å². The average molecular weight is 262 g/mol. The first-order valence-corrected chi connectivity index (χ1v) is 5.88. The van der Waals surface area contributed by atoms with E-state index in [1.165, 1.54) is 0 Å². The van der Waals surface area contributed by atoms with Crippen LogP contribution in [0.5, 0.6) is 0 Å². The van der Waals surface area contributed by atoms with E-state index in [-0.39, 0.29) is 17.6 Å². The third-order valence-electron chi connectivity index (χ3n) is 3.08. The lowest BCUT2D eigenvalue weighted by Crippen LogP contribution is -2.39. The Morgan fingerprint density at radius 2 is 1.95 bits per heavy atom. The van der Waals surface area contributed by atoms with E-state index in [4.69, 9.17) is 9.84 Å². The quantitative estimate of drug-likeness (QED) is 0.848. The lowest BCUT2D eigenvalue weighted by molar-refractivity contribution is -0.141. The second-order valence-corrected chi connectivity index (χ2v) is 4.55. The highest BCUT2D eigenvalue weighted by Gasteiger charge is 2.50. The molecule has 0 spiro atoms. The van der Waals surface area contributed by atoms with Crippen LogP contribution in [0.3, 0.4) is 0 Å². The fourth-order valence-corrected chi connectivity index (χ4v) is 2.21. The van der Waals surface area contributed by atoms with Crippen LogP contribution in [0.4, 0.5) is 4.79 Å². The van der Waals surface area contributed by atoms with E-state index in [9.17, 15) is 9.59 Å². The Bertz CT molecular complexity index is 532. The fraction of sp³-hybridized carbons (Fsp3) is 0.286. The highest BCUT2D eigenvalue weighted by molar-refractivity contribution is 6.00. The number of carbonyl (C=O) groups is 2. The molecule has 1 heterocycles. The van der Waals surface area contributed by atoms with Gasteiger partial charge in [-0.3, -0.25) is 4.79 Å². The van der Waals surface area contributed by atoms with Gasteiger partial charge in [0.2, 0.25) is 11.4 Å². The SMILES string of the molecule is CC(C)C1(c2ccccc2)OC(OC(=O)O)=CC1=O. The summed E-state index contributed by atoms with van der Waals surface area (Å²) in [7, 11) is 0. The number of hydrogen-bond donors (Lipinski definition) is 1. The van der Waals surface area contributed by atoms with Gasteiger partial charge in [-0.05, 0) is 0 Å². The fourth-order valence-electron chi connectivity index (χ4n) is 2.21. The Kier molecular flexibility index (Phi) is 3.29. The Balaban J connectivity index is 2.40. The van der Waals surface area contributed by atoms with Gasteiger partial charge in [-0.2, -0.15) is 0 Å². The van der Waals surface area contributed by atoms with Gasteiger partial charge in [-0.1, -0.05) is 44.2 Å². The van der Waals surface area contributed by atoms with Crippen LogP contribution in [0.2, 0.25) is 0 Å². The predicted octanol–water partition coefficient (Wildman–Crippen LogP) is 2.67. The maximum atomic E-state index is 12.3. The largest absolute Gasteiger partial charge is 0.513 e. The molecule has 0 saturated heterocycles. The molecule has 100 valence electrons. The number of rotatable bonds is 3. The van der Waals surface area contributed by atoms with E-state index in [0.29, 0.717) is 5.56 Å². The van der Waals surface area contributed by atoms with E-state index in [1.54, 1.807) is 24.3 Å². The Morgan fingerprint density at radius 1 is 1.32 bits per heavy atom. The zero-order valence-corrected chi connectivity index (χ0v) is 10.6. The molecule has 5 nitrogen and oxygen atoms in total. The van der Waals surface area contributed by atoms with E-state index in [0.717, 1.165) is 6.08 Å². The van der Waals surface area contributed by atoms with E-state index >= 15 is 0 Å². The van der Waals surface area contributed by atoms with Crippen molar-refractivity contribution in [2.75, 3.05) is 0 Å². The average Bonchev–Trinajstić information content (AvgIpc) is 2.67. The molecule has 0 aromatic heterocycles. The Morgan fingerprint density at radius 3 is 2.47 bits per heavy atom. The second-order valence-electron chi connectivity index (χ2n) is 4.55. The summed E-state index contributed by atoms with van der Waals surface area (Å²) in [6.45, 7) is 3.67. The maximum absolute atomic E-state index is 12.3. The van der Waals surface area contributed by atoms with Crippen LogP contribution < -0.4 is 0 Å². The number of ether oxygens (including phenoxy) is 2. The zero-order valence-electron chi connectivity index (χ0n) is 10.6. The molecule has 1 aliphatic rings. The third-order valence-corrected chi connectivity index (χ3v) is 3.08. The van der Waals surface area contributed by atoms with Crippen LogP contribution in [-0.4, -0.2) is 17.0 Å². The second kappa shape index (κ2) is 4.76. The minimum atomic E-state index is -1.51. The zero-order chi connectivity index (χ0) is 14.0. The number of hydrogen-bond acceptors (Lipinski definition) is 4. The van der Waals surface area contributed by atoms with Crippen molar-refractivity contribution in [2.45, 2.75) is 19.4 Å². The monoisotopic (exact) mass is 262 g/mol. The van der Waals surface area contributed by atoms with Crippen molar-refractivity contribution < 1.29 is 24.2 Å². The molecule has 0 fully saturated rings. The molecule has 1 aliphatic heterocycles. The normalized spacial score (nSPS) is 22.1. The Labute approximate surface area is 110 Å². The van der Waals surface area contributed by atoms with Crippen molar-refractivity contribution in [3.05, 3.63) is 47.9 Å². The van der Waals surface area contributed by atoms with Crippen molar-refractivity contribution in [3.8, 4) is 0 Å². The van der Waals surface area contributed by atoms with E-state index < -0.39 is 11.8 Å². The minimum absolute atomic E-state index is 0.173. The maximum Gasteiger partial charge on any atom is 0.513 e. The predicted molar refractivity (Wildman–Crippen MR) is 66.2 cm³/mol. The van der Waals surface area contributed by atoms with Gasteiger partial charge in [-0.25, -0.2) is 4.79 Å². The van der Waals surface area contributed by atoms with Crippen molar-refractivity contribution >= 4 is 11.9 Å². The smallest absolute Gasteiger partial charge is 0.449 e. The highest BCUT2D eigenvalue weighted by Crippen LogP contribution is 2.41. The van der Waals surface area contributed by atoms with Gasteiger partial charge in [0.15, 0.2) is 0 Å². The molecule has 1 aromatic rings. The molecule has 1 atom stereocenters. The molecule has 0 bridgehead atoms. The number of carbonyl (C=O) groups excluding carboxylic acids is 1. The summed E-state index contributed by atoms with van der Waals surface area (Å²) >= 11 is 0. The number of ketones is 1. The first kappa shape index (κ1) is 13.1. The summed E-state index contributed by atoms with van der Waals surface area (Å²) < 4.78 is 9.97. The summed E-state index contributed by atoms with van der Waals surface area (Å²) in [4.78, 5) is 22.8. The van der Waals surface area contributed by atoms with Crippen LogP contribution in [-0.2, 0) is 19.9 Å². The van der Waals surface area contributed by atoms with Crippen LogP contribution in [0.25, 0.3) is 0 Å². The molecule has 0 aliphatic carbocycles. The molecule has 1 N–H and O–H groups in total. The first-order chi connectivity index (χ1) is 8.96. The van der Waals surface area contributed by atoms with Gasteiger partial charge in [0.05, 0.1) is 6.08 Å². The van der Waals surface area contributed by atoms with Gasteiger partial charge in [0, 0.05) is 11.5 Å². The van der Waals surface area contributed by atoms with Crippen molar-refractivity contribution in [1.29, 1.82) is 0 Å². The van der Waals surface area contributed by atoms with Crippen LogP contribution in [0, 0.1) is 5.92 Å². The molecule has 19 heavy (non-hydrogen) atoms. The molecule has 0 radical (unpaired) electrons. The Hall–Kier alpha value is -2.30. The standard InChI is InChI=1S/C14H14O5/c1-9(2)14(10-6-4-3-5-7-10)11(15)8-12(19-14)18-13(16)17/h3-9H,1-2H3,(H,16,17). The molecule has 0 saturated carbocycles. The molecule has 0 amide bonds. The van der Waals surface area contributed by atoms with Gasteiger partial charge in [-0.15, -0.1) is 0 Å². The summed E-state index contributed by atoms with van der Waals surface area (Å²) in [5.41, 5.74) is -0.540. The molecular weight excluding hydrogens is 248 g/mol. The van der Waals surface area contributed by atoms with Gasteiger partial charge in [0.25, 0.3) is 5.95 Å². The molecule has 2 rings (SSSR count). The lowest BCUT2D eigenvalue weighted by Gasteiger charge is -2.31. The van der Waals surface area contributed by atoms with Gasteiger partial charge in [0.1, 0.15) is 0 Å². The van der Waals surface area contributed by atoms with Crippen LogP contribution >= 0.6 is 0 Å². The molecular formula is C14H14O5. The molecule has 5 heteroatoms. The topological polar surface area (TPSA) is 72.8 Å². The minimum Gasteiger partial charge on any atom is -0.449 e. The van der Waals surface area contributed by atoms with Crippen molar-refractivity contribution in [2.24, 2.45) is 5.92 Å². The van der Waals surface area contributed by atoms with Crippen LogP contribution in [0.1, 0.15) is 19.4 Å². The first-order valence-electron chi connectivity index (χ1n) is 5.88. The summed E-state index contributed by atoms with van der Waals surface area (Å²) in [6.07, 6.45) is -0.423. The molecule has 1 unspecified atom stereocenters. The summed E-state index contributed by atoms with van der Waals surface area (Å²) in [5, 5.41) is 8.59. The van der Waals surface area contributed by atoms with Gasteiger partial charge >= 0.3 is 6.16 Å². The lowest BCUT2D eigenvalue weighted by atomic mass is 9.80. The number of carboxylic acid groups (broad SMARTS) is 1. The van der Waals surface area contributed by atoms with Crippen LogP contribution in [0.15, 0.2) is 42.4 Å². The highest BCUT2D eigenvalue weighted by atomic mass is 16.8. The van der Waals surface area contributed by atoms with E-state index in [2.05, 4.69) is 4.74 Å². The summed E-state index contributed by atoms with van der Waals surface area (Å²) in [5.74, 6) is -0.770. The van der Waals surface area contributed by atoms with E-state index in [1.807, 2.05) is 19.9 Å². The number of benzene rings is 1. The van der Waals surface area contributed by atoms with Gasteiger partial charge < -0.3 is 14.6 Å². The third kappa shape index (κ3) is 2.19. The summed E-state index contributed by atoms with van der Waals surface area (Å²) in [6, 6.07) is 8.97.